The van der Waals surface area contributed by atoms with Gasteiger partial charge < -0.3 is 0 Å². The van der Waals surface area contributed by atoms with Gasteiger partial charge in [0, 0.05) is 12.4 Å². The van der Waals surface area contributed by atoms with Crippen LogP contribution in [0.3, 0.4) is 0 Å². The van der Waals surface area contributed by atoms with Gasteiger partial charge in [-0.3, -0.25) is 4.72 Å². The number of allylic oxidation sites excluding steroid dienone is 1. The molecule has 0 aliphatic carbocycles. The zero-order chi connectivity index (χ0) is 21.7. The summed E-state index contributed by atoms with van der Waals surface area (Å²) in [5.74, 6) is 0. The van der Waals surface area contributed by atoms with Gasteiger partial charge in [-0.15, -0.1) is 0 Å². The van der Waals surface area contributed by atoms with Crippen LogP contribution < -0.4 is 4.72 Å². The smallest absolute Gasteiger partial charge is 0.261 e. The van der Waals surface area contributed by atoms with Crippen molar-refractivity contribution in [2.45, 2.75) is 18.2 Å². The Morgan fingerprint density at radius 3 is 2.45 bits per heavy atom. The highest BCUT2D eigenvalue weighted by Crippen LogP contribution is 2.22. The molecule has 0 unspecified atom stereocenters. The number of rotatable bonds is 7. The van der Waals surface area contributed by atoms with E-state index in [0.717, 1.165) is 22.4 Å². The van der Waals surface area contributed by atoms with Crippen molar-refractivity contribution in [3.63, 3.8) is 0 Å². The lowest BCUT2D eigenvalue weighted by Gasteiger charge is -2.11. The molecule has 4 aromatic rings. The predicted molar refractivity (Wildman–Crippen MR) is 125 cm³/mol. The maximum atomic E-state index is 12.8. The Morgan fingerprint density at radius 2 is 1.68 bits per heavy atom. The molecule has 31 heavy (non-hydrogen) atoms. The third kappa shape index (κ3) is 4.92. The molecule has 0 fully saturated rings. The molecule has 0 bridgehead atoms. The van der Waals surface area contributed by atoms with Crippen molar-refractivity contribution in [1.29, 1.82) is 0 Å². The van der Waals surface area contributed by atoms with Gasteiger partial charge in [-0.05, 0) is 54.8 Å². The lowest BCUT2D eigenvalue weighted by atomic mass is 10.1. The van der Waals surface area contributed by atoms with Crippen molar-refractivity contribution < 1.29 is 8.42 Å². The van der Waals surface area contributed by atoms with Crippen LogP contribution >= 0.6 is 0 Å². The fourth-order valence-electron chi connectivity index (χ4n) is 3.29. The quantitative estimate of drug-likeness (QED) is 0.437. The molecule has 0 saturated heterocycles. The summed E-state index contributed by atoms with van der Waals surface area (Å²) in [4.78, 5) is 0.241. The summed E-state index contributed by atoms with van der Waals surface area (Å²) >= 11 is 0. The molecule has 0 atom stereocenters. The fraction of sp³-hybridized carbons (Fsp3) is 0.0800. The van der Waals surface area contributed by atoms with Crippen molar-refractivity contribution >= 4 is 21.8 Å². The summed E-state index contributed by atoms with van der Waals surface area (Å²) in [5, 5.41) is 4.32. The molecule has 4 rings (SSSR count). The lowest BCUT2D eigenvalue weighted by molar-refractivity contribution is 0.601. The molecule has 1 N–H and O–H groups in total. The standard InChI is InChI=1S/C25H23N3O2S/c1-20-14-16-23(17-15-20)31(29,30)27-24-12-4-2-8-21(24)10-6-11-22-9-3-5-13-25(22)28-19-7-18-26-28/h2-10,12-19,27H,11H2,1H3/b10-6+. The number of sulfonamides is 1. The molecular formula is C25H23N3O2S. The van der Waals surface area contributed by atoms with E-state index in [9.17, 15) is 8.42 Å². The second kappa shape index (κ2) is 9.02. The molecule has 156 valence electrons. The number of benzene rings is 3. The van der Waals surface area contributed by atoms with Crippen molar-refractivity contribution in [1.82, 2.24) is 9.78 Å². The zero-order valence-corrected chi connectivity index (χ0v) is 18.0. The van der Waals surface area contributed by atoms with Crippen LogP contribution in [-0.4, -0.2) is 18.2 Å². The molecule has 3 aromatic carbocycles. The van der Waals surface area contributed by atoms with Crippen LogP contribution in [0.4, 0.5) is 5.69 Å². The molecule has 0 aliphatic rings. The van der Waals surface area contributed by atoms with E-state index in [1.165, 1.54) is 0 Å². The highest BCUT2D eigenvalue weighted by Gasteiger charge is 2.15. The van der Waals surface area contributed by atoms with Gasteiger partial charge in [-0.1, -0.05) is 66.2 Å². The number of hydrogen-bond donors (Lipinski definition) is 1. The first-order valence-electron chi connectivity index (χ1n) is 9.96. The van der Waals surface area contributed by atoms with Crippen LogP contribution in [0.25, 0.3) is 11.8 Å². The van der Waals surface area contributed by atoms with E-state index in [4.69, 9.17) is 0 Å². The summed E-state index contributed by atoms with van der Waals surface area (Å²) in [6.07, 6.45) is 8.32. The Kier molecular flexibility index (Phi) is 6.00. The third-order valence-corrected chi connectivity index (χ3v) is 6.30. The number of aromatic nitrogens is 2. The van der Waals surface area contributed by atoms with Gasteiger partial charge in [0.05, 0.1) is 16.3 Å². The van der Waals surface area contributed by atoms with Crippen molar-refractivity contribution in [3.8, 4) is 5.69 Å². The van der Waals surface area contributed by atoms with E-state index in [-0.39, 0.29) is 4.90 Å². The molecule has 0 saturated carbocycles. The van der Waals surface area contributed by atoms with Gasteiger partial charge in [-0.2, -0.15) is 5.10 Å². The Morgan fingerprint density at radius 1 is 0.935 bits per heavy atom. The highest BCUT2D eigenvalue weighted by atomic mass is 32.2. The van der Waals surface area contributed by atoms with Gasteiger partial charge in [0.1, 0.15) is 0 Å². The minimum absolute atomic E-state index is 0.241. The molecule has 0 spiro atoms. The normalized spacial score (nSPS) is 11.6. The molecular weight excluding hydrogens is 406 g/mol. The molecule has 1 aromatic heterocycles. The summed E-state index contributed by atoms with van der Waals surface area (Å²) < 4.78 is 30.1. The average Bonchev–Trinajstić information content (AvgIpc) is 3.30. The SMILES string of the molecule is Cc1ccc(S(=O)(=O)Nc2ccccc2/C=C/Cc2ccccc2-n2cccn2)cc1. The number of aryl methyl sites for hydroxylation is 1. The van der Waals surface area contributed by atoms with E-state index in [2.05, 4.69) is 15.9 Å². The number of para-hydroxylation sites is 2. The van der Waals surface area contributed by atoms with E-state index in [1.807, 2.05) is 72.4 Å². The van der Waals surface area contributed by atoms with Crippen molar-refractivity contribution in [3.05, 3.63) is 114 Å². The monoisotopic (exact) mass is 429 g/mol. The third-order valence-electron chi connectivity index (χ3n) is 4.91. The average molecular weight is 430 g/mol. The minimum Gasteiger partial charge on any atom is -0.279 e. The summed E-state index contributed by atoms with van der Waals surface area (Å²) in [5.41, 5.74) is 4.50. The first-order chi connectivity index (χ1) is 15.0. The maximum absolute atomic E-state index is 12.8. The Balaban J connectivity index is 1.55. The van der Waals surface area contributed by atoms with Crippen LogP contribution in [0.15, 0.2) is 102 Å². The largest absolute Gasteiger partial charge is 0.279 e. The maximum Gasteiger partial charge on any atom is 0.261 e. The summed E-state index contributed by atoms with van der Waals surface area (Å²) in [7, 11) is -3.66. The van der Waals surface area contributed by atoms with Crippen LogP contribution in [0, 0.1) is 6.92 Å². The molecule has 5 nitrogen and oxygen atoms in total. The van der Waals surface area contributed by atoms with Gasteiger partial charge in [0.2, 0.25) is 0 Å². The summed E-state index contributed by atoms with van der Waals surface area (Å²) in [6, 6.07) is 24.1. The zero-order valence-electron chi connectivity index (χ0n) is 17.1. The van der Waals surface area contributed by atoms with Crippen molar-refractivity contribution in [2.24, 2.45) is 0 Å². The highest BCUT2D eigenvalue weighted by molar-refractivity contribution is 7.92. The lowest BCUT2D eigenvalue weighted by Crippen LogP contribution is -2.13. The van der Waals surface area contributed by atoms with Crippen LogP contribution in [0.5, 0.6) is 0 Å². The first-order valence-corrected chi connectivity index (χ1v) is 11.4. The van der Waals surface area contributed by atoms with Crippen LogP contribution in [0.1, 0.15) is 16.7 Å². The Labute approximate surface area is 182 Å². The van der Waals surface area contributed by atoms with E-state index >= 15 is 0 Å². The second-order valence-electron chi connectivity index (χ2n) is 7.19. The van der Waals surface area contributed by atoms with Gasteiger partial charge in [0.25, 0.3) is 10.0 Å². The molecule has 0 amide bonds. The van der Waals surface area contributed by atoms with Crippen LogP contribution in [-0.2, 0) is 16.4 Å². The first kappa shape index (κ1) is 20.6. The molecule has 6 heteroatoms. The van der Waals surface area contributed by atoms with E-state index < -0.39 is 10.0 Å². The molecule has 1 heterocycles. The van der Waals surface area contributed by atoms with E-state index in [0.29, 0.717) is 12.1 Å². The van der Waals surface area contributed by atoms with Crippen LogP contribution in [0.2, 0.25) is 0 Å². The van der Waals surface area contributed by atoms with Crippen molar-refractivity contribution in [2.75, 3.05) is 4.72 Å². The van der Waals surface area contributed by atoms with Gasteiger partial charge in [-0.25, -0.2) is 13.1 Å². The molecule has 0 aliphatic heterocycles. The summed E-state index contributed by atoms with van der Waals surface area (Å²) in [6.45, 7) is 1.93. The van der Waals surface area contributed by atoms with E-state index in [1.54, 1.807) is 36.5 Å². The predicted octanol–water partition coefficient (Wildman–Crippen LogP) is 5.24. The minimum atomic E-state index is -3.66. The fourth-order valence-corrected chi connectivity index (χ4v) is 4.38. The molecule has 0 radical (unpaired) electrons. The van der Waals surface area contributed by atoms with Gasteiger partial charge >= 0.3 is 0 Å². The Bertz CT molecular complexity index is 1290. The number of nitrogens with one attached hydrogen (secondary N) is 1. The number of hydrogen-bond acceptors (Lipinski definition) is 3. The number of anilines is 1. The second-order valence-corrected chi connectivity index (χ2v) is 8.87. The van der Waals surface area contributed by atoms with Gasteiger partial charge in [0.15, 0.2) is 0 Å². The Hall–Kier alpha value is -3.64. The topological polar surface area (TPSA) is 64.0 Å². The number of nitrogens with zero attached hydrogens (tertiary/aromatic N) is 2.